The monoisotopic (exact) mass is 318 g/mol. The van der Waals surface area contributed by atoms with Crippen LogP contribution >= 0.6 is 0 Å². The third kappa shape index (κ3) is 4.32. The van der Waals surface area contributed by atoms with Crippen LogP contribution in [0.25, 0.3) is 0 Å². The summed E-state index contributed by atoms with van der Waals surface area (Å²) in [5.74, 6) is 0.119. The average molecular weight is 318 g/mol. The highest BCUT2D eigenvalue weighted by Crippen LogP contribution is 2.19. The van der Waals surface area contributed by atoms with Gasteiger partial charge in [0.15, 0.2) is 11.9 Å². The number of nitrogens with one attached hydrogen (secondary N) is 1. The van der Waals surface area contributed by atoms with E-state index in [1.165, 1.54) is 6.92 Å². The quantitative estimate of drug-likeness (QED) is 0.823. The highest BCUT2D eigenvalue weighted by molar-refractivity contribution is 5.97. The second-order valence-electron chi connectivity index (χ2n) is 4.79. The first-order chi connectivity index (χ1) is 11.0. The minimum absolute atomic E-state index is 0.269. The number of ether oxygens (including phenoxy) is 2. The van der Waals surface area contributed by atoms with Gasteiger partial charge in [0, 0.05) is 6.07 Å². The van der Waals surface area contributed by atoms with E-state index in [2.05, 4.69) is 10.5 Å². The van der Waals surface area contributed by atoms with E-state index in [9.17, 15) is 9.59 Å². The molecule has 0 radical (unpaired) electrons. The van der Waals surface area contributed by atoms with Gasteiger partial charge in [-0.15, -0.1) is 0 Å². The third-order valence-corrected chi connectivity index (χ3v) is 2.94. The molecule has 23 heavy (non-hydrogen) atoms. The van der Waals surface area contributed by atoms with Crippen LogP contribution < -0.4 is 10.1 Å². The Balaban J connectivity index is 2.00. The number of hydrogen-bond acceptors (Lipinski definition) is 6. The summed E-state index contributed by atoms with van der Waals surface area (Å²) >= 11 is 0. The van der Waals surface area contributed by atoms with Gasteiger partial charge in [-0.1, -0.05) is 17.3 Å². The van der Waals surface area contributed by atoms with E-state index in [0.717, 1.165) is 0 Å². The molecule has 1 heterocycles. The smallest absolute Gasteiger partial charge is 0.342 e. The van der Waals surface area contributed by atoms with E-state index in [0.29, 0.717) is 18.1 Å². The van der Waals surface area contributed by atoms with Gasteiger partial charge in [-0.2, -0.15) is 0 Å². The Morgan fingerprint density at radius 1 is 1.35 bits per heavy atom. The largest absolute Gasteiger partial charge is 0.493 e. The molecular formula is C16H18N2O5. The van der Waals surface area contributed by atoms with Crippen molar-refractivity contribution in [1.82, 2.24) is 5.16 Å². The Bertz CT molecular complexity index is 695. The predicted molar refractivity (Wildman–Crippen MR) is 82.4 cm³/mol. The molecule has 1 aromatic carbocycles. The first-order valence-electron chi connectivity index (χ1n) is 7.18. The SMILES string of the molecule is CCOc1ccccc1C(=O)OC(C)C(=O)Nc1cc(C)on1. The zero-order valence-electron chi connectivity index (χ0n) is 13.2. The number of aryl methyl sites for hydroxylation is 1. The molecule has 0 aliphatic carbocycles. The van der Waals surface area contributed by atoms with E-state index >= 15 is 0 Å². The number of carbonyl (C=O) groups is 2. The first kappa shape index (κ1) is 16.5. The van der Waals surface area contributed by atoms with Crippen LogP contribution in [-0.2, 0) is 9.53 Å². The van der Waals surface area contributed by atoms with Crippen molar-refractivity contribution in [1.29, 1.82) is 0 Å². The maximum atomic E-state index is 12.2. The fraction of sp³-hybridized carbons (Fsp3) is 0.312. The van der Waals surface area contributed by atoms with Crippen molar-refractivity contribution in [3.8, 4) is 5.75 Å². The van der Waals surface area contributed by atoms with Crippen LogP contribution in [0.1, 0.15) is 30.0 Å². The minimum atomic E-state index is -0.991. The molecule has 7 nitrogen and oxygen atoms in total. The Labute approximate surface area is 133 Å². The van der Waals surface area contributed by atoms with Crippen molar-refractivity contribution in [2.75, 3.05) is 11.9 Å². The van der Waals surface area contributed by atoms with Crippen molar-refractivity contribution < 1.29 is 23.6 Å². The number of carbonyl (C=O) groups excluding carboxylic acids is 2. The molecule has 0 bridgehead atoms. The van der Waals surface area contributed by atoms with Crippen molar-refractivity contribution in [2.45, 2.75) is 26.9 Å². The second kappa shape index (κ2) is 7.44. The highest BCUT2D eigenvalue weighted by atomic mass is 16.5. The molecule has 1 amide bonds. The topological polar surface area (TPSA) is 90.7 Å². The number of aromatic nitrogens is 1. The number of nitrogens with zero attached hydrogens (tertiary/aromatic N) is 1. The number of anilines is 1. The Kier molecular flexibility index (Phi) is 5.35. The lowest BCUT2D eigenvalue weighted by Gasteiger charge is -2.14. The fourth-order valence-electron chi connectivity index (χ4n) is 1.85. The number of benzene rings is 1. The highest BCUT2D eigenvalue weighted by Gasteiger charge is 2.22. The van der Waals surface area contributed by atoms with E-state index in [1.54, 1.807) is 37.3 Å². The van der Waals surface area contributed by atoms with Crippen LogP contribution in [0.3, 0.4) is 0 Å². The zero-order valence-corrected chi connectivity index (χ0v) is 13.2. The van der Waals surface area contributed by atoms with E-state index in [-0.39, 0.29) is 11.4 Å². The second-order valence-corrected chi connectivity index (χ2v) is 4.79. The number of amides is 1. The van der Waals surface area contributed by atoms with Gasteiger partial charge in [-0.25, -0.2) is 4.79 Å². The number of hydrogen-bond donors (Lipinski definition) is 1. The standard InChI is InChI=1S/C16H18N2O5/c1-4-21-13-8-6-5-7-12(13)16(20)22-11(3)15(19)17-14-9-10(2)23-18-14/h5-9,11H,4H2,1-3H3,(H,17,18,19). The lowest BCUT2D eigenvalue weighted by molar-refractivity contribution is -0.123. The molecule has 2 aromatic rings. The summed E-state index contributed by atoms with van der Waals surface area (Å²) < 4.78 is 15.4. The summed E-state index contributed by atoms with van der Waals surface area (Å²) in [7, 11) is 0. The molecule has 0 saturated heterocycles. The summed E-state index contributed by atoms with van der Waals surface area (Å²) in [6.07, 6.45) is -0.991. The summed E-state index contributed by atoms with van der Waals surface area (Å²) in [6, 6.07) is 8.27. The van der Waals surface area contributed by atoms with Crippen LogP contribution in [-0.4, -0.2) is 29.7 Å². The average Bonchev–Trinajstić information content (AvgIpc) is 2.93. The molecule has 0 aliphatic heterocycles. The van der Waals surface area contributed by atoms with Crippen molar-refractivity contribution in [3.05, 3.63) is 41.7 Å². The minimum Gasteiger partial charge on any atom is -0.493 e. The van der Waals surface area contributed by atoms with Gasteiger partial charge in [0.25, 0.3) is 5.91 Å². The molecule has 1 aromatic heterocycles. The van der Waals surface area contributed by atoms with Gasteiger partial charge in [0.2, 0.25) is 0 Å². The Hall–Kier alpha value is -2.83. The van der Waals surface area contributed by atoms with Gasteiger partial charge in [0.1, 0.15) is 17.1 Å². The molecule has 0 fully saturated rings. The number of rotatable bonds is 6. The molecule has 1 atom stereocenters. The van der Waals surface area contributed by atoms with Crippen LogP contribution in [0.4, 0.5) is 5.82 Å². The van der Waals surface area contributed by atoms with E-state index in [4.69, 9.17) is 14.0 Å². The summed E-state index contributed by atoms with van der Waals surface area (Å²) in [5, 5.41) is 6.15. The van der Waals surface area contributed by atoms with Crippen LogP contribution in [0.2, 0.25) is 0 Å². The van der Waals surface area contributed by atoms with Crippen molar-refractivity contribution in [3.63, 3.8) is 0 Å². The normalized spacial score (nSPS) is 11.6. The molecule has 0 saturated carbocycles. The molecule has 2 rings (SSSR count). The van der Waals surface area contributed by atoms with Gasteiger partial charge < -0.3 is 19.3 Å². The summed E-state index contributed by atoms with van der Waals surface area (Å²) in [5.41, 5.74) is 0.270. The molecule has 1 unspecified atom stereocenters. The number of esters is 1. The summed E-state index contributed by atoms with van der Waals surface area (Å²) in [6.45, 7) is 5.42. The lowest BCUT2D eigenvalue weighted by atomic mass is 10.2. The summed E-state index contributed by atoms with van der Waals surface area (Å²) in [4.78, 5) is 24.2. The van der Waals surface area contributed by atoms with Crippen LogP contribution in [0.5, 0.6) is 5.75 Å². The van der Waals surface area contributed by atoms with Crippen molar-refractivity contribution >= 4 is 17.7 Å². The molecule has 1 N–H and O–H groups in total. The molecule has 0 spiro atoms. The van der Waals surface area contributed by atoms with E-state index in [1.807, 2.05) is 6.92 Å². The van der Waals surface area contributed by atoms with Gasteiger partial charge in [-0.05, 0) is 32.9 Å². The van der Waals surface area contributed by atoms with Gasteiger partial charge >= 0.3 is 5.97 Å². The maximum absolute atomic E-state index is 12.2. The molecule has 122 valence electrons. The van der Waals surface area contributed by atoms with E-state index < -0.39 is 18.0 Å². The van der Waals surface area contributed by atoms with Crippen LogP contribution in [0.15, 0.2) is 34.9 Å². The third-order valence-electron chi connectivity index (χ3n) is 2.94. The van der Waals surface area contributed by atoms with Crippen molar-refractivity contribution in [2.24, 2.45) is 0 Å². The molecule has 0 aliphatic rings. The zero-order chi connectivity index (χ0) is 16.8. The lowest BCUT2D eigenvalue weighted by Crippen LogP contribution is -2.30. The predicted octanol–water partition coefficient (Wildman–Crippen LogP) is 2.57. The Morgan fingerprint density at radius 3 is 2.74 bits per heavy atom. The fourth-order valence-corrected chi connectivity index (χ4v) is 1.85. The van der Waals surface area contributed by atoms with Gasteiger partial charge in [-0.3, -0.25) is 4.79 Å². The van der Waals surface area contributed by atoms with Gasteiger partial charge in [0.05, 0.1) is 6.61 Å². The van der Waals surface area contributed by atoms with Crippen LogP contribution in [0, 0.1) is 6.92 Å². The Morgan fingerprint density at radius 2 is 2.09 bits per heavy atom. The first-order valence-corrected chi connectivity index (χ1v) is 7.18. The number of para-hydroxylation sites is 1. The maximum Gasteiger partial charge on any atom is 0.342 e. The molecule has 7 heteroatoms. The molecular weight excluding hydrogens is 300 g/mol.